The molecule has 0 aromatic carbocycles. The normalized spacial score (nSPS) is 9.78. The van der Waals surface area contributed by atoms with Gasteiger partial charge >= 0.3 is 6.09 Å². The van der Waals surface area contributed by atoms with E-state index in [2.05, 4.69) is 10.3 Å². The summed E-state index contributed by atoms with van der Waals surface area (Å²) in [7, 11) is 0. The Morgan fingerprint density at radius 2 is 2.06 bits per heavy atom. The van der Waals surface area contributed by atoms with Crippen molar-refractivity contribution in [2.24, 2.45) is 0 Å². The summed E-state index contributed by atoms with van der Waals surface area (Å²) in [6, 6.07) is 2.89. The zero-order valence-corrected chi connectivity index (χ0v) is 12.0. The Morgan fingerprint density at radius 3 is 2.56 bits per heavy atom. The highest BCUT2D eigenvalue weighted by Crippen LogP contribution is 2.07. The molecule has 1 rings (SSSR count). The van der Waals surface area contributed by atoms with E-state index in [0.717, 1.165) is 0 Å². The summed E-state index contributed by atoms with van der Waals surface area (Å²) in [6.45, 7) is 5.55. The number of nitrogens with one attached hydrogen (secondary N) is 1. The van der Waals surface area contributed by atoms with Crippen molar-refractivity contribution in [2.45, 2.75) is 32.9 Å². The number of ether oxygens (including phenoxy) is 1. The Labute approximate surface area is 118 Å². The van der Waals surface area contributed by atoms with Gasteiger partial charge in [0.2, 0.25) is 5.95 Å². The van der Waals surface area contributed by atoms with Gasteiger partial charge in [-0.05, 0) is 38.5 Å². The van der Waals surface area contributed by atoms with E-state index in [1.54, 1.807) is 26.8 Å². The molecule has 1 N–H and O–H groups in total. The summed E-state index contributed by atoms with van der Waals surface area (Å²) in [6.07, 6.45) is 0.825. The van der Waals surface area contributed by atoms with Crippen LogP contribution in [0.4, 0.5) is 9.18 Å². The first kappa shape index (κ1) is 19.3. The Kier molecular flexibility index (Phi) is 8.68. The number of hydrogen-bond donors (Lipinski definition) is 1. The molecule has 7 heteroatoms. The molecule has 0 radical (unpaired) electrons. The number of carbonyl (C=O) groups excluding carboxylic acids is 1. The van der Waals surface area contributed by atoms with Crippen LogP contribution in [0.15, 0.2) is 18.3 Å². The van der Waals surface area contributed by atoms with Gasteiger partial charge in [-0.25, -0.2) is 9.78 Å². The molecule has 1 amide bonds. The standard InChI is InChI=1S/C11H15FN2O2.2ClH/c1-11(2,3)16-10(15)14-7-8-4-5-13-9(12)6-8;;/h4-6H,7H2,1-3H3,(H,14,15);2*1H. The van der Waals surface area contributed by atoms with Gasteiger partial charge in [0.15, 0.2) is 0 Å². The van der Waals surface area contributed by atoms with Gasteiger partial charge in [0.1, 0.15) is 5.60 Å². The second-order valence-electron chi connectivity index (χ2n) is 4.34. The van der Waals surface area contributed by atoms with Crippen molar-refractivity contribution in [3.63, 3.8) is 0 Å². The minimum absolute atomic E-state index is 0. The van der Waals surface area contributed by atoms with Crippen LogP contribution >= 0.6 is 24.8 Å². The van der Waals surface area contributed by atoms with Gasteiger partial charge in [0.05, 0.1) is 0 Å². The van der Waals surface area contributed by atoms with Crippen molar-refractivity contribution < 1.29 is 13.9 Å². The van der Waals surface area contributed by atoms with Crippen LogP contribution in [-0.2, 0) is 11.3 Å². The molecular weight excluding hydrogens is 282 g/mol. The minimum Gasteiger partial charge on any atom is -0.444 e. The van der Waals surface area contributed by atoms with E-state index in [0.29, 0.717) is 5.56 Å². The lowest BCUT2D eigenvalue weighted by Crippen LogP contribution is -2.32. The maximum absolute atomic E-state index is 12.7. The number of nitrogens with zero attached hydrogens (tertiary/aromatic N) is 1. The van der Waals surface area contributed by atoms with Crippen molar-refractivity contribution in [2.75, 3.05) is 0 Å². The molecular formula is C11H17Cl2FN2O2. The first-order valence-corrected chi connectivity index (χ1v) is 4.94. The van der Waals surface area contributed by atoms with Gasteiger partial charge in [0.25, 0.3) is 0 Å². The Bertz CT molecular complexity index is 384. The third kappa shape index (κ3) is 8.08. The molecule has 1 aromatic heterocycles. The van der Waals surface area contributed by atoms with Crippen molar-refractivity contribution in [1.29, 1.82) is 0 Å². The topological polar surface area (TPSA) is 51.2 Å². The number of hydrogen-bond acceptors (Lipinski definition) is 3. The maximum atomic E-state index is 12.7. The average Bonchev–Trinajstić information content (AvgIpc) is 2.12. The number of aromatic nitrogens is 1. The molecule has 0 aliphatic rings. The van der Waals surface area contributed by atoms with Crippen molar-refractivity contribution in [3.8, 4) is 0 Å². The number of halogens is 3. The van der Waals surface area contributed by atoms with E-state index in [9.17, 15) is 9.18 Å². The van der Waals surface area contributed by atoms with Gasteiger partial charge < -0.3 is 10.1 Å². The maximum Gasteiger partial charge on any atom is 0.407 e. The van der Waals surface area contributed by atoms with Crippen LogP contribution in [0.5, 0.6) is 0 Å². The number of rotatable bonds is 2. The van der Waals surface area contributed by atoms with Gasteiger partial charge in [-0.2, -0.15) is 4.39 Å². The van der Waals surface area contributed by atoms with E-state index in [1.807, 2.05) is 0 Å². The number of alkyl carbamates (subject to hydrolysis) is 1. The molecule has 0 bridgehead atoms. The molecule has 0 unspecified atom stereocenters. The third-order valence-corrected chi connectivity index (χ3v) is 1.63. The van der Waals surface area contributed by atoms with E-state index in [1.165, 1.54) is 12.3 Å². The SMILES string of the molecule is CC(C)(C)OC(=O)NCc1ccnc(F)c1.Cl.Cl. The van der Waals surface area contributed by atoms with Gasteiger partial charge in [-0.3, -0.25) is 0 Å². The minimum atomic E-state index is -0.566. The largest absolute Gasteiger partial charge is 0.444 e. The molecule has 4 nitrogen and oxygen atoms in total. The molecule has 0 saturated heterocycles. The lowest BCUT2D eigenvalue weighted by atomic mass is 10.2. The predicted octanol–water partition coefficient (Wildman–Crippen LogP) is 3.09. The summed E-state index contributed by atoms with van der Waals surface area (Å²) in [5.74, 6) is -0.566. The number of amides is 1. The molecule has 0 aliphatic heterocycles. The molecule has 1 aromatic rings. The quantitative estimate of drug-likeness (QED) is 0.854. The monoisotopic (exact) mass is 298 g/mol. The third-order valence-electron chi connectivity index (χ3n) is 1.63. The summed E-state index contributed by atoms with van der Waals surface area (Å²) < 4.78 is 17.7. The van der Waals surface area contributed by atoms with Crippen molar-refractivity contribution in [1.82, 2.24) is 10.3 Å². The average molecular weight is 299 g/mol. The first-order chi connectivity index (χ1) is 7.37. The molecule has 0 fully saturated rings. The summed E-state index contributed by atoms with van der Waals surface area (Å²) >= 11 is 0. The number of carbonyl (C=O) groups is 1. The van der Waals surface area contributed by atoms with Crippen LogP contribution in [0.25, 0.3) is 0 Å². The summed E-state index contributed by atoms with van der Waals surface area (Å²) in [5, 5.41) is 2.53. The van der Waals surface area contributed by atoms with Crippen molar-refractivity contribution >= 4 is 30.9 Å². The molecule has 0 spiro atoms. The fourth-order valence-corrected chi connectivity index (χ4v) is 1.04. The molecule has 0 atom stereocenters. The predicted molar refractivity (Wildman–Crippen MR) is 71.8 cm³/mol. The van der Waals surface area contributed by atoms with Crippen LogP contribution in [-0.4, -0.2) is 16.7 Å². The van der Waals surface area contributed by atoms with E-state index in [-0.39, 0.29) is 31.4 Å². The highest BCUT2D eigenvalue weighted by atomic mass is 35.5. The van der Waals surface area contributed by atoms with Gasteiger partial charge in [-0.15, -0.1) is 24.8 Å². The highest BCUT2D eigenvalue weighted by Gasteiger charge is 2.15. The smallest absolute Gasteiger partial charge is 0.407 e. The first-order valence-electron chi connectivity index (χ1n) is 4.94. The fourth-order valence-electron chi connectivity index (χ4n) is 1.04. The molecule has 1 heterocycles. The van der Waals surface area contributed by atoms with Crippen LogP contribution in [0.1, 0.15) is 26.3 Å². The number of pyridine rings is 1. The van der Waals surface area contributed by atoms with Gasteiger partial charge in [-0.1, -0.05) is 0 Å². The van der Waals surface area contributed by atoms with E-state index in [4.69, 9.17) is 4.74 Å². The molecule has 0 aliphatic carbocycles. The molecule has 18 heavy (non-hydrogen) atoms. The fraction of sp³-hybridized carbons (Fsp3) is 0.455. The summed E-state index contributed by atoms with van der Waals surface area (Å²) in [5.41, 5.74) is 0.103. The van der Waals surface area contributed by atoms with Crippen molar-refractivity contribution in [3.05, 3.63) is 29.8 Å². The van der Waals surface area contributed by atoms with Crippen LogP contribution in [0, 0.1) is 5.95 Å². The zero-order valence-electron chi connectivity index (χ0n) is 10.4. The Hall–Kier alpha value is -1.07. The second kappa shape index (κ2) is 8.11. The van der Waals surface area contributed by atoms with E-state index >= 15 is 0 Å². The van der Waals surface area contributed by atoms with E-state index < -0.39 is 17.6 Å². The second-order valence-corrected chi connectivity index (χ2v) is 4.34. The lowest BCUT2D eigenvalue weighted by molar-refractivity contribution is 0.0523. The Morgan fingerprint density at radius 1 is 1.44 bits per heavy atom. The lowest BCUT2D eigenvalue weighted by Gasteiger charge is -2.19. The molecule has 0 saturated carbocycles. The molecule has 104 valence electrons. The van der Waals surface area contributed by atoms with Crippen LogP contribution in [0.3, 0.4) is 0 Å². The zero-order chi connectivity index (χ0) is 12.2. The van der Waals surface area contributed by atoms with Crippen LogP contribution < -0.4 is 5.32 Å². The van der Waals surface area contributed by atoms with Gasteiger partial charge in [0, 0.05) is 12.7 Å². The highest BCUT2D eigenvalue weighted by molar-refractivity contribution is 5.85. The Balaban J connectivity index is 0. The summed E-state index contributed by atoms with van der Waals surface area (Å²) in [4.78, 5) is 14.7. The van der Waals surface area contributed by atoms with Crippen LogP contribution in [0.2, 0.25) is 0 Å².